The summed E-state index contributed by atoms with van der Waals surface area (Å²) in [4.78, 5) is 37.8. The maximum absolute atomic E-state index is 12.9. The molecule has 5 heteroatoms. The van der Waals surface area contributed by atoms with Crippen molar-refractivity contribution in [1.82, 2.24) is 5.32 Å². The van der Waals surface area contributed by atoms with E-state index in [9.17, 15) is 14.4 Å². The Bertz CT molecular complexity index is 726. The number of ether oxygens (including phenoxy) is 1. The molecule has 5 nitrogen and oxygen atoms in total. The molecule has 1 saturated heterocycles. The second-order valence-corrected chi connectivity index (χ2v) is 8.08. The minimum atomic E-state index is -0.709. The number of hydrogen-bond acceptors (Lipinski definition) is 4. The molecule has 2 fully saturated rings. The summed E-state index contributed by atoms with van der Waals surface area (Å²) < 4.78 is 5.33. The van der Waals surface area contributed by atoms with Crippen LogP contribution in [0.3, 0.4) is 0 Å². The quantitative estimate of drug-likeness (QED) is 0.808. The summed E-state index contributed by atoms with van der Waals surface area (Å²) in [6, 6.07) is 4.02. The number of nitrogens with one attached hydrogen (secondary N) is 1. The van der Waals surface area contributed by atoms with Crippen LogP contribution in [0.15, 0.2) is 12.1 Å². The molecule has 1 heterocycles. The maximum Gasteiger partial charge on any atom is 0.220 e. The summed E-state index contributed by atoms with van der Waals surface area (Å²) >= 11 is 0. The van der Waals surface area contributed by atoms with Gasteiger partial charge in [0.1, 0.15) is 11.7 Å². The fourth-order valence-electron chi connectivity index (χ4n) is 4.48. The van der Waals surface area contributed by atoms with Gasteiger partial charge in [0.15, 0.2) is 5.78 Å². The molecule has 1 aliphatic heterocycles. The van der Waals surface area contributed by atoms with E-state index in [0.717, 1.165) is 48.3 Å². The number of aryl methyl sites for hydroxylation is 3. The van der Waals surface area contributed by atoms with Crippen LogP contribution < -0.4 is 5.32 Å². The molecule has 146 valence electrons. The molecule has 0 radical (unpaired) electrons. The molecule has 2 atom stereocenters. The summed E-state index contributed by atoms with van der Waals surface area (Å²) in [5.74, 6) is -1.07. The first kappa shape index (κ1) is 19.7. The molecule has 0 bridgehead atoms. The first-order chi connectivity index (χ1) is 12.9. The molecule has 2 unspecified atom stereocenters. The first-order valence-electron chi connectivity index (χ1n) is 9.85. The number of hydrogen-bond donors (Lipinski definition) is 1. The molecule has 1 aromatic carbocycles. The van der Waals surface area contributed by atoms with Crippen LogP contribution in [0.1, 0.15) is 53.9 Å². The SMILES string of the molecule is Cc1cc(C)c(C2C(=O)CC(CC(=O)NCC3CCOCC3)C2=O)c(C)c1. The molecule has 1 aromatic rings. The Morgan fingerprint density at radius 3 is 2.37 bits per heavy atom. The lowest BCUT2D eigenvalue weighted by Crippen LogP contribution is -2.33. The third-order valence-electron chi connectivity index (χ3n) is 5.84. The Morgan fingerprint density at radius 2 is 1.74 bits per heavy atom. The van der Waals surface area contributed by atoms with Gasteiger partial charge < -0.3 is 10.1 Å². The third-order valence-corrected chi connectivity index (χ3v) is 5.84. The summed E-state index contributed by atoms with van der Waals surface area (Å²) in [5.41, 5.74) is 3.91. The monoisotopic (exact) mass is 371 g/mol. The number of ketones is 2. The molecule has 2 aliphatic rings. The minimum absolute atomic E-state index is 0.0581. The molecular formula is C22H29NO4. The van der Waals surface area contributed by atoms with E-state index in [1.54, 1.807) is 0 Å². The van der Waals surface area contributed by atoms with Crippen molar-refractivity contribution in [3.63, 3.8) is 0 Å². The fraction of sp³-hybridized carbons (Fsp3) is 0.591. The number of carbonyl (C=O) groups excluding carboxylic acids is 3. The molecule has 27 heavy (non-hydrogen) atoms. The largest absolute Gasteiger partial charge is 0.381 e. The van der Waals surface area contributed by atoms with Gasteiger partial charge in [-0.15, -0.1) is 0 Å². The predicted molar refractivity (Wildman–Crippen MR) is 103 cm³/mol. The van der Waals surface area contributed by atoms with Crippen molar-refractivity contribution >= 4 is 17.5 Å². The average Bonchev–Trinajstić information content (AvgIpc) is 2.88. The molecule has 1 amide bonds. The summed E-state index contributed by atoms with van der Waals surface area (Å²) in [5, 5.41) is 2.94. The number of carbonyl (C=O) groups is 3. The van der Waals surface area contributed by atoms with Crippen LogP contribution in [0, 0.1) is 32.6 Å². The lowest BCUT2D eigenvalue weighted by atomic mass is 9.86. The summed E-state index contributed by atoms with van der Waals surface area (Å²) in [6.07, 6.45) is 2.18. The molecule has 0 spiro atoms. The maximum atomic E-state index is 12.9. The molecular weight excluding hydrogens is 342 g/mol. The van der Waals surface area contributed by atoms with Crippen molar-refractivity contribution in [1.29, 1.82) is 0 Å². The van der Waals surface area contributed by atoms with Crippen LogP contribution in [-0.2, 0) is 19.1 Å². The Morgan fingerprint density at radius 1 is 1.11 bits per heavy atom. The standard InChI is InChI=1S/C22H29NO4/c1-13-8-14(2)20(15(3)9-13)21-18(24)10-17(22(21)26)11-19(25)23-12-16-4-6-27-7-5-16/h8-9,16-17,21H,4-7,10-12H2,1-3H3,(H,23,25). The van der Waals surface area contributed by atoms with Gasteiger partial charge in [0.2, 0.25) is 5.91 Å². The van der Waals surface area contributed by atoms with E-state index in [2.05, 4.69) is 5.32 Å². The van der Waals surface area contributed by atoms with Crippen LogP contribution in [0.5, 0.6) is 0 Å². The van der Waals surface area contributed by atoms with Gasteiger partial charge in [0, 0.05) is 38.5 Å². The van der Waals surface area contributed by atoms with E-state index in [1.807, 2.05) is 32.9 Å². The number of amides is 1. The Balaban J connectivity index is 1.63. The Hall–Kier alpha value is -2.01. The van der Waals surface area contributed by atoms with Crippen LogP contribution in [-0.4, -0.2) is 37.2 Å². The predicted octanol–water partition coefficient (Wildman–Crippen LogP) is 2.79. The van der Waals surface area contributed by atoms with Gasteiger partial charge in [-0.05, 0) is 56.2 Å². The number of rotatable bonds is 5. The van der Waals surface area contributed by atoms with Crippen LogP contribution in [0.4, 0.5) is 0 Å². The van der Waals surface area contributed by atoms with Crippen LogP contribution >= 0.6 is 0 Å². The van der Waals surface area contributed by atoms with Crippen molar-refractivity contribution in [2.45, 2.75) is 52.4 Å². The van der Waals surface area contributed by atoms with Crippen molar-refractivity contribution < 1.29 is 19.1 Å². The van der Waals surface area contributed by atoms with E-state index in [-0.39, 0.29) is 30.3 Å². The zero-order chi connectivity index (χ0) is 19.6. The fourth-order valence-corrected chi connectivity index (χ4v) is 4.48. The second-order valence-electron chi connectivity index (χ2n) is 8.08. The average molecular weight is 371 g/mol. The summed E-state index contributed by atoms with van der Waals surface area (Å²) in [6.45, 7) is 8.01. The lowest BCUT2D eigenvalue weighted by Gasteiger charge is -2.22. The molecule has 1 aliphatic carbocycles. The molecule has 3 rings (SSSR count). The second kappa shape index (κ2) is 8.34. The number of benzene rings is 1. The molecule has 1 saturated carbocycles. The minimum Gasteiger partial charge on any atom is -0.381 e. The van der Waals surface area contributed by atoms with E-state index >= 15 is 0 Å². The van der Waals surface area contributed by atoms with E-state index in [1.165, 1.54) is 0 Å². The highest BCUT2D eigenvalue weighted by Gasteiger charge is 2.43. The van der Waals surface area contributed by atoms with Gasteiger partial charge in [0.05, 0.1) is 0 Å². The van der Waals surface area contributed by atoms with Gasteiger partial charge in [-0.25, -0.2) is 0 Å². The van der Waals surface area contributed by atoms with Crippen molar-refractivity contribution in [3.8, 4) is 0 Å². The molecule has 1 N–H and O–H groups in total. The first-order valence-corrected chi connectivity index (χ1v) is 9.85. The molecule has 0 aromatic heterocycles. The third kappa shape index (κ3) is 4.46. The topological polar surface area (TPSA) is 72.5 Å². The summed E-state index contributed by atoms with van der Waals surface area (Å²) in [7, 11) is 0. The van der Waals surface area contributed by atoms with E-state index in [4.69, 9.17) is 4.74 Å². The Kier molecular flexibility index (Phi) is 6.10. The van der Waals surface area contributed by atoms with E-state index in [0.29, 0.717) is 12.5 Å². The van der Waals surface area contributed by atoms with Gasteiger partial charge in [0.25, 0.3) is 0 Å². The smallest absolute Gasteiger partial charge is 0.220 e. The Labute approximate surface area is 160 Å². The van der Waals surface area contributed by atoms with Gasteiger partial charge >= 0.3 is 0 Å². The van der Waals surface area contributed by atoms with Crippen molar-refractivity contribution in [2.24, 2.45) is 11.8 Å². The van der Waals surface area contributed by atoms with Crippen LogP contribution in [0.2, 0.25) is 0 Å². The zero-order valence-electron chi connectivity index (χ0n) is 16.5. The highest BCUT2D eigenvalue weighted by Crippen LogP contribution is 2.37. The van der Waals surface area contributed by atoms with E-state index < -0.39 is 11.8 Å². The normalized spacial score (nSPS) is 23.7. The van der Waals surface area contributed by atoms with Crippen molar-refractivity contribution in [2.75, 3.05) is 19.8 Å². The van der Waals surface area contributed by atoms with Gasteiger partial charge in [-0.3, -0.25) is 14.4 Å². The highest BCUT2D eigenvalue weighted by molar-refractivity contribution is 6.15. The van der Waals surface area contributed by atoms with Gasteiger partial charge in [-0.1, -0.05) is 17.7 Å². The van der Waals surface area contributed by atoms with Gasteiger partial charge in [-0.2, -0.15) is 0 Å². The highest BCUT2D eigenvalue weighted by atomic mass is 16.5. The zero-order valence-corrected chi connectivity index (χ0v) is 16.5. The lowest BCUT2D eigenvalue weighted by molar-refractivity contribution is -0.128. The van der Waals surface area contributed by atoms with Crippen LogP contribution in [0.25, 0.3) is 0 Å². The number of Topliss-reactive ketones (excluding diaryl/α,β-unsaturated/α-hetero) is 2. The van der Waals surface area contributed by atoms with Crippen molar-refractivity contribution in [3.05, 3.63) is 34.4 Å².